The summed E-state index contributed by atoms with van der Waals surface area (Å²) >= 11 is 0. The van der Waals surface area contributed by atoms with Crippen LogP contribution in [0.5, 0.6) is 0 Å². The number of rotatable bonds is 3. The van der Waals surface area contributed by atoms with Crippen LogP contribution in [-0.2, 0) is 18.9 Å². The summed E-state index contributed by atoms with van der Waals surface area (Å²) < 4.78 is 24.2. The maximum absolute atomic E-state index is 11.3. The van der Waals surface area contributed by atoms with E-state index in [1.165, 1.54) is 5.57 Å². The molecule has 0 bridgehead atoms. The third-order valence-corrected chi connectivity index (χ3v) is 10.7. The lowest BCUT2D eigenvalue weighted by atomic mass is 9.45. The number of hydrogen-bond acceptors (Lipinski definition) is 6. The highest BCUT2D eigenvalue weighted by atomic mass is 16.7. The van der Waals surface area contributed by atoms with E-state index < -0.39 is 23.1 Å². The van der Waals surface area contributed by atoms with Crippen molar-refractivity contribution in [1.29, 1.82) is 0 Å². The van der Waals surface area contributed by atoms with E-state index >= 15 is 0 Å². The van der Waals surface area contributed by atoms with Crippen molar-refractivity contribution in [1.82, 2.24) is 0 Å². The van der Waals surface area contributed by atoms with Gasteiger partial charge in [0.1, 0.15) is 6.10 Å². The number of aliphatic hydroxyl groups excluding tert-OH is 2. The second-order valence-electron chi connectivity index (χ2n) is 11.6. The topological polar surface area (TPSA) is 77.4 Å². The molecule has 0 aromatic carbocycles. The number of allylic oxidation sites excluding steroid dienone is 1. The summed E-state index contributed by atoms with van der Waals surface area (Å²) in [5.74, 6) is 2.50. The smallest absolute Gasteiger partial charge is 0.195 e. The average Bonchev–Trinajstić information content (AvgIpc) is 3.58. The Morgan fingerprint density at radius 1 is 1.03 bits per heavy atom. The molecule has 7 atom stereocenters. The third-order valence-electron chi connectivity index (χ3n) is 10.7. The Morgan fingerprint density at radius 2 is 1.76 bits per heavy atom. The Bertz CT molecular complexity index is 849. The molecule has 2 saturated heterocycles. The van der Waals surface area contributed by atoms with Crippen LogP contribution >= 0.6 is 0 Å². The molecule has 2 aliphatic heterocycles. The van der Waals surface area contributed by atoms with Crippen molar-refractivity contribution in [2.24, 2.45) is 34.5 Å². The Morgan fingerprint density at radius 3 is 2.45 bits per heavy atom. The van der Waals surface area contributed by atoms with Crippen molar-refractivity contribution in [3.05, 3.63) is 11.6 Å². The van der Waals surface area contributed by atoms with Crippen LogP contribution in [-0.4, -0.2) is 60.9 Å². The molecule has 182 valence electrons. The molecule has 0 aromatic heterocycles. The van der Waals surface area contributed by atoms with E-state index in [-0.39, 0.29) is 17.9 Å². The molecule has 1 spiro atoms. The second-order valence-corrected chi connectivity index (χ2v) is 11.6. The fourth-order valence-electron chi connectivity index (χ4n) is 9.26. The maximum Gasteiger partial charge on any atom is 0.195 e. The van der Waals surface area contributed by atoms with Gasteiger partial charge in [-0.25, -0.2) is 0 Å². The van der Waals surface area contributed by atoms with Crippen molar-refractivity contribution in [3.63, 3.8) is 0 Å². The molecule has 33 heavy (non-hydrogen) atoms. The van der Waals surface area contributed by atoms with Crippen LogP contribution in [0.3, 0.4) is 0 Å². The fraction of sp³-hybridized carbons (Fsp3) is 0.852. The average molecular weight is 459 g/mol. The van der Waals surface area contributed by atoms with Crippen LogP contribution in [0.15, 0.2) is 11.6 Å². The monoisotopic (exact) mass is 458 g/mol. The predicted molar refractivity (Wildman–Crippen MR) is 121 cm³/mol. The normalized spacial score (nSPS) is 46.2. The molecule has 0 amide bonds. The van der Waals surface area contributed by atoms with Crippen LogP contribution in [0.2, 0.25) is 0 Å². The fourth-order valence-corrected chi connectivity index (χ4v) is 9.26. The summed E-state index contributed by atoms with van der Waals surface area (Å²) in [6, 6.07) is 0. The molecular formula is C27H38O6. The first-order chi connectivity index (χ1) is 15.9. The van der Waals surface area contributed by atoms with Crippen LogP contribution in [0.4, 0.5) is 0 Å². The molecule has 2 N–H and O–H groups in total. The molecular weight excluding hydrogens is 420 g/mol. The molecule has 6 aliphatic rings. The van der Waals surface area contributed by atoms with Gasteiger partial charge in [-0.3, -0.25) is 0 Å². The van der Waals surface area contributed by atoms with Gasteiger partial charge in [0.2, 0.25) is 0 Å². The van der Waals surface area contributed by atoms with Gasteiger partial charge in [0.15, 0.2) is 11.6 Å². The summed E-state index contributed by atoms with van der Waals surface area (Å²) in [5.41, 5.74) is 1.17. The molecule has 5 fully saturated rings. The lowest BCUT2D eigenvalue weighted by Gasteiger charge is -2.60. The van der Waals surface area contributed by atoms with Crippen molar-refractivity contribution >= 4 is 0 Å². The van der Waals surface area contributed by atoms with Crippen LogP contribution in [0.25, 0.3) is 0 Å². The molecule has 4 aliphatic carbocycles. The van der Waals surface area contributed by atoms with Gasteiger partial charge < -0.3 is 29.2 Å². The predicted octanol–water partition coefficient (Wildman–Crippen LogP) is 3.02. The van der Waals surface area contributed by atoms with Gasteiger partial charge in [0.05, 0.1) is 33.0 Å². The number of hydrogen-bond donors (Lipinski definition) is 2. The van der Waals surface area contributed by atoms with Gasteiger partial charge in [-0.1, -0.05) is 24.5 Å². The van der Waals surface area contributed by atoms with E-state index in [9.17, 15) is 10.2 Å². The van der Waals surface area contributed by atoms with Crippen LogP contribution in [0, 0.1) is 46.8 Å². The molecule has 6 heteroatoms. The standard InChI is InChI=1S/C27H38O6/c1-3-23(29)26-9-8-20-19(21(26)6-7-22(26)27(17-28)32-14-15-33-27)5-4-18-16-25(30-12-13-31-25)11-10-24(18,20)2/h1,4,19-23,28-29H,5-17H2,2H3/t19-,20+,21+,22+,23?,24+,26-/m1/s1. The highest BCUT2D eigenvalue weighted by molar-refractivity contribution is 5.28. The molecule has 6 nitrogen and oxygen atoms in total. The number of aliphatic hydroxyl groups is 2. The number of ether oxygens (including phenoxy) is 4. The van der Waals surface area contributed by atoms with Crippen molar-refractivity contribution in [3.8, 4) is 12.3 Å². The zero-order valence-electron chi connectivity index (χ0n) is 19.8. The first kappa shape index (κ1) is 22.5. The SMILES string of the molecule is C#CC(O)[C@]12CC[C@H]3[C@@H](CC=C4CC5(CC[C@@]43C)OCCO5)[C@@H]1CC[C@@H]2C1(CO)OCCO1. The summed E-state index contributed by atoms with van der Waals surface area (Å²) in [7, 11) is 0. The lowest BCUT2D eigenvalue weighted by Crippen LogP contribution is -2.60. The molecule has 1 unspecified atom stereocenters. The third kappa shape index (κ3) is 2.96. The van der Waals surface area contributed by atoms with Crippen molar-refractivity contribution < 1.29 is 29.2 Å². The highest BCUT2D eigenvalue weighted by Gasteiger charge is 2.68. The minimum Gasteiger partial charge on any atom is -0.391 e. The minimum absolute atomic E-state index is 0.0948. The Kier molecular flexibility index (Phi) is 5.31. The van der Waals surface area contributed by atoms with E-state index in [0.29, 0.717) is 44.2 Å². The molecule has 3 saturated carbocycles. The molecule has 0 radical (unpaired) electrons. The Hall–Kier alpha value is -0.940. The van der Waals surface area contributed by atoms with Crippen LogP contribution in [0.1, 0.15) is 58.3 Å². The first-order valence-electron chi connectivity index (χ1n) is 12.9. The van der Waals surface area contributed by atoms with Crippen molar-refractivity contribution in [2.45, 2.75) is 76.0 Å². The highest BCUT2D eigenvalue weighted by Crippen LogP contribution is 2.69. The molecule has 0 aromatic rings. The van der Waals surface area contributed by atoms with Crippen molar-refractivity contribution in [2.75, 3.05) is 33.0 Å². The van der Waals surface area contributed by atoms with Crippen LogP contribution < -0.4 is 0 Å². The van der Waals surface area contributed by atoms with Gasteiger partial charge in [-0.2, -0.15) is 0 Å². The van der Waals surface area contributed by atoms with E-state index in [4.69, 9.17) is 25.4 Å². The first-order valence-corrected chi connectivity index (χ1v) is 12.9. The second kappa shape index (κ2) is 7.78. The Balaban J connectivity index is 1.35. The van der Waals surface area contributed by atoms with E-state index in [2.05, 4.69) is 18.9 Å². The summed E-state index contributed by atoms with van der Waals surface area (Å²) in [6.45, 7) is 4.61. The van der Waals surface area contributed by atoms with E-state index in [1.54, 1.807) is 0 Å². The number of fused-ring (bicyclic) bond motifs is 5. The van der Waals surface area contributed by atoms with E-state index in [1.807, 2.05) is 0 Å². The lowest BCUT2D eigenvalue weighted by molar-refractivity contribution is -0.257. The largest absolute Gasteiger partial charge is 0.391 e. The van der Waals surface area contributed by atoms with Gasteiger partial charge in [-0.05, 0) is 61.7 Å². The number of terminal acetylenes is 1. The quantitative estimate of drug-likeness (QED) is 0.500. The minimum atomic E-state index is -1.03. The van der Waals surface area contributed by atoms with Gasteiger partial charge in [0.25, 0.3) is 0 Å². The molecule has 6 rings (SSSR count). The summed E-state index contributed by atoms with van der Waals surface area (Å²) in [6.07, 6.45) is 15.1. The zero-order valence-corrected chi connectivity index (χ0v) is 19.8. The maximum atomic E-state index is 11.3. The van der Waals surface area contributed by atoms with Gasteiger partial charge in [-0.15, -0.1) is 6.42 Å². The molecule has 2 heterocycles. The van der Waals surface area contributed by atoms with Gasteiger partial charge in [0, 0.05) is 24.2 Å². The van der Waals surface area contributed by atoms with E-state index in [0.717, 1.165) is 51.4 Å². The Labute approximate surface area is 197 Å². The summed E-state index contributed by atoms with van der Waals surface area (Å²) in [4.78, 5) is 0. The van der Waals surface area contributed by atoms with Gasteiger partial charge >= 0.3 is 0 Å². The summed E-state index contributed by atoms with van der Waals surface area (Å²) in [5, 5.41) is 21.7. The zero-order chi connectivity index (χ0) is 22.9.